The molecule has 21 heavy (non-hydrogen) atoms. The highest BCUT2D eigenvalue weighted by atomic mass is 16.5. The second-order valence-corrected chi connectivity index (χ2v) is 4.53. The monoisotopic (exact) mass is 281 g/mol. The van der Waals surface area contributed by atoms with E-state index in [2.05, 4.69) is 11.1 Å². The fourth-order valence-electron chi connectivity index (χ4n) is 2.04. The van der Waals surface area contributed by atoms with Gasteiger partial charge in [-0.25, -0.2) is 4.98 Å². The lowest BCUT2D eigenvalue weighted by molar-refractivity contribution is -0.115. The molecule has 2 rings (SSSR count). The predicted octanol–water partition coefficient (Wildman–Crippen LogP) is 2.86. The maximum absolute atomic E-state index is 12.0. The number of pyridine rings is 1. The second-order valence-electron chi connectivity index (χ2n) is 4.53. The fourth-order valence-corrected chi connectivity index (χ4v) is 2.04. The van der Waals surface area contributed by atoms with Gasteiger partial charge < -0.3 is 10.7 Å². The zero-order valence-corrected chi connectivity index (χ0v) is 11.6. The molecule has 1 N–H and O–H groups in total. The number of aromatic nitrogens is 1. The topological polar surface area (TPSA) is 92.1 Å². The number of nitrogens with zero attached hydrogens (tertiary/aromatic N) is 3. The maximum Gasteiger partial charge on any atom is 0.229 e. The molecule has 0 bridgehead atoms. The Morgan fingerprint density at radius 3 is 2.76 bits per heavy atom. The minimum atomic E-state index is -0.264. The maximum atomic E-state index is 12.0. The summed E-state index contributed by atoms with van der Waals surface area (Å²) in [6, 6.07) is 10.1. The highest BCUT2D eigenvalue weighted by Crippen LogP contribution is 2.27. The molecule has 0 spiro atoms. The summed E-state index contributed by atoms with van der Waals surface area (Å²) in [6.07, 6.45) is 1.44. The number of benzene rings is 1. The van der Waals surface area contributed by atoms with Crippen LogP contribution in [0.25, 0.3) is 0 Å². The second kappa shape index (κ2) is 6.03. The number of rotatable bonds is 3. The van der Waals surface area contributed by atoms with Crippen molar-refractivity contribution in [1.82, 2.24) is 4.98 Å². The Morgan fingerprint density at radius 1 is 1.38 bits per heavy atom. The van der Waals surface area contributed by atoms with Crippen molar-refractivity contribution in [3.8, 4) is 6.07 Å². The number of carbonyl (C=O) groups excluding carboxylic acids is 1. The Hall–Kier alpha value is -2.91. The zero-order valence-electron chi connectivity index (χ0n) is 11.6. The average molecular weight is 281 g/mol. The van der Waals surface area contributed by atoms with Crippen LogP contribution in [0.2, 0.25) is 0 Å². The van der Waals surface area contributed by atoms with Crippen LogP contribution in [0, 0.1) is 23.5 Å². The molecule has 2 aromatic rings. The van der Waals surface area contributed by atoms with Crippen LogP contribution in [0.5, 0.6) is 0 Å². The van der Waals surface area contributed by atoms with Gasteiger partial charge in [-0.2, -0.15) is 5.26 Å². The van der Waals surface area contributed by atoms with E-state index >= 15 is 0 Å². The quantitative estimate of drug-likeness (QED) is 0.873. The van der Waals surface area contributed by atoms with Gasteiger partial charge in [0.1, 0.15) is 5.82 Å². The molecule has 6 heteroatoms. The Bertz CT molecular complexity index is 722. The van der Waals surface area contributed by atoms with Crippen LogP contribution in [0.15, 0.2) is 36.5 Å². The van der Waals surface area contributed by atoms with Crippen molar-refractivity contribution in [1.29, 1.82) is 5.26 Å². The van der Waals surface area contributed by atoms with Gasteiger partial charge in [0.15, 0.2) is 0 Å². The van der Waals surface area contributed by atoms with Crippen LogP contribution in [0.1, 0.15) is 18.1 Å². The van der Waals surface area contributed by atoms with E-state index in [4.69, 9.17) is 5.26 Å². The summed E-state index contributed by atoms with van der Waals surface area (Å²) in [5.74, 6) is 0.0536. The molecule has 0 aliphatic heterocycles. The van der Waals surface area contributed by atoms with E-state index in [1.807, 2.05) is 6.92 Å². The molecule has 0 fully saturated rings. The lowest BCUT2D eigenvalue weighted by atomic mass is 10.1. The molecular weight excluding hydrogens is 268 g/mol. The number of aryl methyl sites for hydroxylation is 1. The Kier molecular flexibility index (Phi) is 4.16. The highest BCUT2D eigenvalue weighted by Gasteiger charge is 2.16. The fraction of sp³-hybridized carbons (Fsp3) is 0.133. The number of nitriles is 1. The van der Waals surface area contributed by atoms with Crippen LogP contribution in [-0.4, -0.2) is 10.9 Å². The first-order valence-electron chi connectivity index (χ1n) is 6.22. The Balaban J connectivity index is 2.56. The number of carbonyl (C=O) groups is 1. The van der Waals surface area contributed by atoms with E-state index in [-0.39, 0.29) is 5.91 Å². The minimum Gasteiger partial charge on any atom is -0.761 e. The third-order valence-corrected chi connectivity index (χ3v) is 2.86. The lowest BCUT2D eigenvalue weighted by Crippen LogP contribution is -2.24. The number of hydrogen-bond donors (Lipinski definition) is 1. The summed E-state index contributed by atoms with van der Waals surface area (Å²) >= 11 is 0. The predicted molar refractivity (Wildman–Crippen MR) is 79.9 cm³/mol. The molecule has 6 nitrogen and oxygen atoms in total. The summed E-state index contributed by atoms with van der Waals surface area (Å²) in [5, 5.41) is 19.8. The van der Waals surface area contributed by atoms with Gasteiger partial charge in [0.2, 0.25) is 5.91 Å². The van der Waals surface area contributed by atoms with Gasteiger partial charge in [-0.1, -0.05) is 0 Å². The van der Waals surface area contributed by atoms with E-state index in [1.165, 1.54) is 30.2 Å². The van der Waals surface area contributed by atoms with Crippen LogP contribution < -0.4 is 10.4 Å². The molecule has 106 valence electrons. The van der Waals surface area contributed by atoms with Gasteiger partial charge in [0.25, 0.3) is 0 Å². The van der Waals surface area contributed by atoms with Gasteiger partial charge in [-0.3, -0.25) is 9.69 Å². The van der Waals surface area contributed by atoms with Gasteiger partial charge in [-0.05, 0) is 36.8 Å². The molecule has 0 radical (unpaired) electrons. The van der Waals surface area contributed by atoms with E-state index in [9.17, 15) is 10.0 Å². The smallest absolute Gasteiger partial charge is 0.229 e. The first kappa shape index (κ1) is 14.5. The molecule has 1 amide bonds. The van der Waals surface area contributed by atoms with E-state index in [1.54, 1.807) is 23.7 Å². The third-order valence-electron chi connectivity index (χ3n) is 2.86. The van der Waals surface area contributed by atoms with Crippen molar-refractivity contribution in [2.24, 2.45) is 0 Å². The van der Waals surface area contributed by atoms with Gasteiger partial charge in [0.05, 0.1) is 17.3 Å². The molecule has 1 aromatic carbocycles. The SMILES string of the molecule is CC(=O)N(c1cc(C)cc(C#N)c1)c1cc(N[O-])ccn1. The van der Waals surface area contributed by atoms with Crippen LogP contribution in [0.4, 0.5) is 17.2 Å². The molecule has 1 aromatic heterocycles. The average Bonchev–Trinajstić information content (AvgIpc) is 2.46. The molecule has 0 saturated carbocycles. The van der Waals surface area contributed by atoms with Crippen molar-refractivity contribution in [3.63, 3.8) is 0 Å². The molecule has 0 saturated heterocycles. The Morgan fingerprint density at radius 2 is 2.14 bits per heavy atom. The first-order chi connectivity index (χ1) is 10.0. The number of hydrogen-bond acceptors (Lipinski definition) is 5. The number of anilines is 3. The molecule has 0 aliphatic carbocycles. The molecule has 0 atom stereocenters. The zero-order chi connectivity index (χ0) is 15.4. The summed E-state index contributed by atoms with van der Waals surface area (Å²) in [7, 11) is 0. The van der Waals surface area contributed by atoms with Crippen molar-refractivity contribution in [2.45, 2.75) is 13.8 Å². The standard InChI is InChI=1S/C15H13N4O2/c1-10-5-12(9-16)7-14(6-10)19(11(2)20)15-8-13(18-21)3-4-17-15/h3-8H,1-2H3,(H-,17,18,21)/q-1. The number of amides is 1. The lowest BCUT2D eigenvalue weighted by Gasteiger charge is -2.22. The van der Waals surface area contributed by atoms with Gasteiger partial charge in [0, 0.05) is 24.9 Å². The largest absolute Gasteiger partial charge is 0.761 e. The van der Waals surface area contributed by atoms with E-state index in [0.29, 0.717) is 22.8 Å². The van der Waals surface area contributed by atoms with E-state index in [0.717, 1.165) is 5.56 Å². The summed E-state index contributed by atoms with van der Waals surface area (Å²) in [6.45, 7) is 3.24. The summed E-state index contributed by atoms with van der Waals surface area (Å²) < 4.78 is 0. The van der Waals surface area contributed by atoms with E-state index < -0.39 is 0 Å². The summed E-state index contributed by atoms with van der Waals surface area (Å²) in [4.78, 5) is 17.4. The molecule has 0 unspecified atom stereocenters. The normalized spacial score (nSPS) is 9.81. The van der Waals surface area contributed by atoms with Crippen molar-refractivity contribution in [2.75, 3.05) is 10.4 Å². The van der Waals surface area contributed by atoms with Crippen molar-refractivity contribution in [3.05, 3.63) is 52.9 Å². The molecule has 0 aliphatic rings. The van der Waals surface area contributed by atoms with Crippen molar-refractivity contribution < 1.29 is 4.79 Å². The number of nitrogens with one attached hydrogen (secondary N) is 1. The summed E-state index contributed by atoms with van der Waals surface area (Å²) in [5.41, 5.74) is 3.92. The van der Waals surface area contributed by atoms with Crippen LogP contribution in [0.3, 0.4) is 0 Å². The van der Waals surface area contributed by atoms with Gasteiger partial charge in [-0.15, -0.1) is 0 Å². The van der Waals surface area contributed by atoms with Crippen molar-refractivity contribution >= 4 is 23.1 Å². The third kappa shape index (κ3) is 3.16. The minimum absolute atomic E-state index is 0.264. The van der Waals surface area contributed by atoms with Crippen LogP contribution in [-0.2, 0) is 4.79 Å². The molecular formula is C15H13N4O2-. The van der Waals surface area contributed by atoms with Crippen LogP contribution >= 0.6 is 0 Å². The highest BCUT2D eigenvalue weighted by molar-refractivity contribution is 5.98. The Labute approximate surface area is 122 Å². The first-order valence-corrected chi connectivity index (χ1v) is 6.22. The van der Waals surface area contributed by atoms with Gasteiger partial charge >= 0.3 is 0 Å². The molecule has 1 heterocycles.